The van der Waals surface area contributed by atoms with E-state index in [1.165, 1.54) is 0 Å². The first kappa shape index (κ1) is 23.0. The number of carbonyl (C=O) groups is 1. The van der Waals surface area contributed by atoms with Gasteiger partial charge < -0.3 is 10.4 Å². The smallest absolute Gasteiger partial charge is 0.281 e. The van der Waals surface area contributed by atoms with Crippen LogP contribution in [0, 0.1) is 27.7 Å². The van der Waals surface area contributed by atoms with Crippen molar-refractivity contribution in [2.75, 3.05) is 5.32 Å². The SMILES string of the molecule is Cc1cccc(-n2nc(C(=O)Nc3cc(C)nn3-c3cc(C)c4cccc(C)c4n3)c(O)cc2=O)c1. The van der Waals surface area contributed by atoms with Crippen molar-refractivity contribution in [1.29, 1.82) is 0 Å². The molecule has 3 aromatic heterocycles. The van der Waals surface area contributed by atoms with Gasteiger partial charge in [0.25, 0.3) is 11.5 Å². The normalized spacial score (nSPS) is 11.1. The molecule has 2 aromatic carbocycles. The number of aromatic nitrogens is 5. The molecule has 0 atom stereocenters. The highest BCUT2D eigenvalue weighted by molar-refractivity contribution is 6.04. The van der Waals surface area contributed by atoms with Gasteiger partial charge in [0.1, 0.15) is 5.82 Å². The van der Waals surface area contributed by atoms with Gasteiger partial charge in [0.15, 0.2) is 17.3 Å². The van der Waals surface area contributed by atoms with Crippen LogP contribution in [0.5, 0.6) is 5.75 Å². The van der Waals surface area contributed by atoms with Crippen molar-refractivity contribution in [2.45, 2.75) is 27.7 Å². The van der Waals surface area contributed by atoms with E-state index in [9.17, 15) is 14.7 Å². The lowest BCUT2D eigenvalue weighted by molar-refractivity contribution is 0.101. The van der Waals surface area contributed by atoms with Crippen LogP contribution in [0.25, 0.3) is 22.4 Å². The molecule has 180 valence electrons. The maximum absolute atomic E-state index is 13.2. The number of hydrogen-bond donors (Lipinski definition) is 2. The molecule has 0 aliphatic carbocycles. The Hall–Kier alpha value is -4.79. The van der Waals surface area contributed by atoms with Crippen molar-refractivity contribution in [3.8, 4) is 17.3 Å². The van der Waals surface area contributed by atoms with Crippen LogP contribution in [0.4, 0.5) is 5.82 Å². The number of anilines is 1. The van der Waals surface area contributed by atoms with E-state index in [-0.39, 0.29) is 5.69 Å². The molecule has 9 heteroatoms. The number of aryl methyl sites for hydroxylation is 4. The lowest BCUT2D eigenvalue weighted by Crippen LogP contribution is -2.25. The lowest BCUT2D eigenvalue weighted by Gasteiger charge is -2.12. The van der Waals surface area contributed by atoms with Gasteiger partial charge in [-0.25, -0.2) is 4.98 Å². The fourth-order valence-electron chi connectivity index (χ4n) is 4.14. The topological polar surface area (TPSA) is 115 Å². The summed E-state index contributed by atoms with van der Waals surface area (Å²) in [6.07, 6.45) is 0. The van der Waals surface area contributed by atoms with Crippen molar-refractivity contribution in [2.24, 2.45) is 0 Å². The summed E-state index contributed by atoms with van der Waals surface area (Å²) in [7, 11) is 0. The molecule has 0 fully saturated rings. The Labute approximate surface area is 206 Å². The number of rotatable bonds is 4. The number of fused-ring (bicyclic) bond motifs is 1. The van der Waals surface area contributed by atoms with Gasteiger partial charge in [0, 0.05) is 17.5 Å². The third kappa shape index (κ3) is 4.11. The number of para-hydroxylation sites is 1. The lowest BCUT2D eigenvalue weighted by atomic mass is 10.1. The first-order valence-corrected chi connectivity index (χ1v) is 11.4. The van der Waals surface area contributed by atoms with Gasteiger partial charge in [0.2, 0.25) is 0 Å². The van der Waals surface area contributed by atoms with E-state index in [2.05, 4.69) is 15.5 Å². The molecular formula is C27H24N6O3. The minimum Gasteiger partial charge on any atom is -0.505 e. The van der Waals surface area contributed by atoms with Crippen molar-refractivity contribution < 1.29 is 9.90 Å². The fourth-order valence-corrected chi connectivity index (χ4v) is 4.14. The Bertz CT molecular complexity index is 1720. The second-order valence-corrected chi connectivity index (χ2v) is 8.77. The molecule has 0 aliphatic rings. The molecule has 36 heavy (non-hydrogen) atoms. The van der Waals surface area contributed by atoms with Crippen LogP contribution in [-0.2, 0) is 0 Å². The van der Waals surface area contributed by atoms with Gasteiger partial charge >= 0.3 is 0 Å². The average molecular weight is 481 g/mol. The molecule has 0 radical (unpaired) electrons. The van der Waals surface area contributed by atoms with Crippen molar-refractivity contribution in [3.05, 3.63) is 99.1 Å². The Morgan fingerprint density at radius 3 is 2.44 bits per heavy atom. The van der Waals surface area contributed by atoms with E-state index in [4.69, 9.17) is 4.98 Å². The second-order valence-electron chi connectivity index (χ2n) is 8.77. The van der Waals surface area contributed by atoms with Crippen LogP contribution in [0.1, 0.15) is 32.9 Å². The third-order valence-corrected chi connectivity index (χ3v) is 5.90. The zero-order valence-electron chi connectivity index (χ0n) is 20.3. The molecule has 0 spiro atoms. The molecule has 3 heterocycles. The first-order chi connectivity index (χ1) is 17.2. The van der Waals surface area contributed by atoms with Gasteiger partial charge in [-0.15, -0.1) is 0 Å². The summed E-state index contributed by atoms with van der Waals surface area (Å²) < 4.78 is 2.63. The molecule has 0 saturated heterocycles. The second kappa shape index (κ2) is 8.77. The van der Waals surface area contributed by atoms with Crippen molar-refractivity contribution >= 4 is 22.6 Å². The summed E-state index contributed by atoms with van der Waals surface area (Å²) in [5, 5.41) is 22.8. The Morgan fingerprint density at radius 1 is 0.889 bits per heavy atom. The summed E-state index contributed by atoms with van der Waals surface area (Å²) in [4.78, 5) is 30.5. The van der Waals surface area contributed by atoms with Crippen LogP contribution in [0.3, 0.4) is 0 Å². The molecule has 9 nitrogen and oxygen atoms in total. The first-order valence-electron chi connectivity index (χ1n) is 11.4. The zero-order chi connectivity index (χ0) is 25.6. The zero-order valence-corrected chi connectivity index (χ0v) is 20.3. The summed E-state index contributed by atoms with van der Waals surface area (Å²) in [5.41, 5.74) is 4.13. The summed E-state index contributed by atoms with van der Waals surface area (Å²) in [6, 6.07) is 17.7. The highest BCUT2D eigenvalue weighted by atomic mass is 16.3. The average Bonchev–Trinajstić information content (AvgIpc) is 3.19. The monoisotopic (exact) mass is 480 g/mol. The van der Waals surface area contributed by atoms with E-state index in [0.29, 0.717) is 23.0 Å². The van der Waals surface area contributed by atoms with Crippen LogP contribution in [0.2, 0.25) is 0 Å². The van der Waals surface area contributed by atoms with Crippen LogP contribution in [-0.4, -0.2) is 35.6 Å². The number of nitrogens with one attached hydrogen (secondary N) is 1. The van der Waals surface area contributed by atoms with Crippen LogP contribution >= 0.6 is 0 Å². The molecule has 0 aliphatic heterocycles. The Morgan fingerprint density at radius 2 is 1.67 bits per heavy atom. The molecule has 2 N–H and O–H groups in total. The summed E-state index contributed by atoms with van der Waals surface area (Å²) in [6.45, 7) is 7.68. The van der Waals surface area contributed by atoms with Gasteiger partial charge in [-0.1, -0.05) is 30.3 Å². The molecule has 5 rings (SSSR count). The number of hydrogen-bond acceptors (Lipinski definition) is 6. The van der Waals surface area contributed by atoms with E-state index in [0.717, 1.165) is 38.3 Å². The van der Waals surface area contributed by atoms with Crippen molar-refractivity contribution in [1.82, 2.24) is 24.5 Å². The quantitative estimate of drug-likeness (QED) is 0.399. The van der Waals surface area contributed by atoms with Gasteiger partial charge in [-0.05, 0) is 62.6 Å². The molecule has 0 unspecified atom stereocenters. The minimum atomic E-state index is -0.691. The largest absolute Gasteiger partial charge is 0.505 e. The Balaban J connectivity index is 1.55. The molecule has 0 saturated carbocycles. The van der Waals surface area contributed by atoms with Gasteiger partial charge in [-0.2, -0.15) is 19.6 Å². The Kier molecular flexibility index (Phi) is 5.60. The number of benzene rings is 2. The third-order valence-electron chi connectivity index (χ3n) is 5.90. The van der Waals surface area contributed by atoms with Gasteiger partial charge in [0.05, 0.1) is 16.9 Å². The highest BCUT2D eigenvalue weighted by Gasteiger charge is 2.20. The number of aromatic hydroxyl groups is 1. The van der Waals surface area contributed by atoms with Crippen LogP contribution < -0.4 is 10.9 Å². The molecular weight excluding hydrogens is 456 g/mol. The maximum atomic E-state index is 13.2. The predicted molar refractivity (Wildman–Crippen MR) is 137 cm³/mol. The summed E-state index contributed by atoms with van der Waals surface area (Å²) >= 11 is 0. The van der Waals surface area contributed by atoms with E-state index in [1.807, 2.05) is 51.1 Å². The molecule has 5 aromatic rings. The number of carbonyl (C=O) groups excluding carboxylic acids is 1. The van der Waals surface area contributed by atoms with Gasteiger partial charge in [-0.3, -0.25) is 9.59 Å². The van der Waals surface area contributed by atoms with E-state index in [1.54, 1.807) is 35.9 Å². The fraction of sp³-hybridized carbons (Fsp3) is 0.148. The van der Waals surface area contributed by atoms with Crippen LogP contribution in [0.15, 0.2) is 65.5 Å². The highest BCUT2D eigenvalue weighted by Crippen LogP contribution is 2.25. The van der Waals surface area contributed by atoms with Crippen molar-refractivity contribution in [3.63, 3.8) is 0 Å². The maximum Gasteiger partial charge on any atom is 0.281 e. The van der Waals surface area contributed by atoms with E-state index >= 15 is 0 Å². The van der Waals surface area contributed by atoms with E-state index < -0.39 is 17.2 Å². The molecule has 0 bridgehead atoms. The standard InChI is InChI=1S/C27H24N6O3/c1-15-7-5-9-19(11-15)32-24(35)14-21(34)26(31-32)27(36)29-23-13-18(4)30-33(23)22-12-17(3)20-10-6-8-16(2)25(20)28-22/h5-14,34H,1-4H3,(H,29,36). The molecule has 1 amide bonds. The number of pyridine rings is 1. The number of nitrogens with zero attached hydrogens (tertiary/aromatic N) is 5. The minimum absolute atomic E-state index is 0.292. The predicted octanol–water partition coefficient (Wildman–Crippen LogP) is 4.16. The summed E-state index contributed by atoms with van der Waals surface area (Å²) in [5.74, 6) is -0.310. The number of amides is 1.